The van der Waals surface area contributed by atoms with Crippen LogP contribution >= 0.6 is 11.8 Å². The largest absolute Gasteiger partial charge is 0.425 e. The van der Waals surface area contributed by atoms with Gasteiger partial charge in [-0.15, -0.1) is 11.8 Å². The van der Waals surface area contributed by atoms with Crippen LogP contribution in [-0.4, -0.2) is 12.2 Å². The molecule has 22 heavy (non-hydrogen) atoms. The first-order chi connectivity index (χ1) is 10.8. The van der Waals surface area contributed by atoms with Crippen LogP contribution in [-0.2, 0) is 9.54 Å². The fourth-order valence-electron chi connectivity index (χ4n) is 3.21. The highest BCUT2D eigenvalue weighted by Gasteiger charge is 2.51. The summed E-state index contributed by atoms with van der Waals surface area (Å²) < 4.78 is 4.82. The van der Waals surface area contributed by atoms with E-state index in [4.69, 9.17) is 4.74 Å². The highest BCUT2D eigenvalue weighted by Crippen LogP contribution is 2.53. The zero-order valence-electron chi connectivity index (χ0n) is 12.1. The number of carbonyl (C=O) groups excluding carboxylic acids is 1. The molecule has 1 heterocycles. The Morgan fingerprint density at radius 1 is 0.909 bits per heavy atom. The van der Waals surface area contributed by atoms with Gasteiger partial charge in [-0.05, 0) is 28.7 Å². The van der Waals surface area contributed by atoms with Gasteiger partial charge in [0.1, 0.15) is 5.75 Å². The molecule has 0 radical (unpaired) electrons. The maximum atomic E-state index is 12.8. The van der Waals surface area contributed by atoms with E-state index in [9.17, 15) is 4.79 Å². The molecular formula is C19H14O2S. The maximum Gasteiger partial charge on any atom is 0.336 e. The van der Waals surface area contributed by atoms with Crippen LogP contribution < -0.4 is 4.74 Å². The van der Waals surface area contributed by atoms with Gasteiger partial charge in [0.25, 0.3) is 0 Å². The summed E-state index contributed by atoms with van der Waals surface area (Å²) >= 11 is 1.52. The molecule has 1 aliphatic heterocycles. The molecule has 0 aromatic heterocycles. The van der Waals surface area contributed by atoms with E-state index in [2.05, 4.69) is 12.1 Å². The van der Waals surface area contributed by atoms with Gasteiger partial charge in [0, 0.05) is 5.56 Å². The van der Waals surface area contributed by atoms with Crippen molar-refractivity contribution in [3.05, 3.63) is 77.9 Å². The molecule has 4 rings (SSSR count). The normalized spacial score (nSPS) is 20.0. The lowest BCUT2D eigenvalue weighted by molar-refractivity contribution is -0.134. The Bertz CT molecular complexity index is 873. The highest BCUT2D eigenvalue weighted by atomic mass is 32.2. The Kier molecular flexibility index (Phi) is 2.98. The number of hydrogen-bond acceptors (Lipinski definition) is 3. The SMILES string of the molecule is CSC1(c2ccccc2)C(=O)Oc2ccc3ccccc3c21. The first-order valence-electron chi connectivity index (χ1n) is 7.12. The molecule has 3 aromatic carbocycles. The number of esters is 1. The Balaban J connectivity index is 2.12. The van der Waals surface area contributed by atoms with Crippen LogP contribution in [0.1, 0.15) is 11.1 Å². The summed E-state index contributed by atoms with van der Waals surface area (Å²) in [6, 6.07) is 21.9. The summed E-state index contributed by atoms with van der Waals surface area (Å²) in [5, 5.41) is 2.19. The molecule has 1 aliphatic rings. The third-order valence-corrected chi connectivity index (χ3v) is 5.44. The van der Waals surface area contributed by atoms with Crippen LogP contribution in [0, 0.1) is 0 Å². The van der Waals surface area contributed by atoms with Crippen molar-refractivity contribution in [2.75, 3.05) is 6.26 Å². The molecule has 2 nitrogen and oxygen atoms in total. The molecular weight excluding hydrogens is 292 g/mol. The zero-order valence-corrected chi connectivity index (χ0v) is 12.9. The van der Waals surface area contributed by atoms with Gasteiger partial charge in [0.15, 0.2) is 4.75 Å². The van der Waals surface area contributed by atoms with Crippen LogP contribution in [0.4, 0.5) is 0 Å². The minimum Gasteiger partial charge on any atom is -0.425 e. The fourth-order valence-corrected chi connectivity index (χ4v) is 4.21. The molecule has 0 N–H and O–H groups in total. The van der Waals surface area contributed by atoms with Gasteiger partial charge in [-0.1, -0.05) is 60.7 Å². The molecule has 108 valence electrons. The number of benzene rings is 3. The number of thioether (sulfide) groups is 1. The van der Waals surface area contributed by atoms with Gasteiger partial charge >= 0.3 is 5.97 Å². The minimum atomic E-state index is -0.794. The lowest BCUT2D eigenvalue weighted by Gasteiger charge is -2.25. The summed E-state index contributed by atoms with van der Waals surface area (Å²) in [5.74, 6) is 0.458. The van der Waals surface area contributed by atoms with Crippen LogP contribution in [0.25, 0.3) is 10.8 Å². The minimum absolute atomic E-state index is 0.211. The number of rotatable bonds is 2. The van der Waals surface area contributed by atoms with Crippen molar-refractivity contribution in [2.45, 2.75) is 4.75 Å². The Hall–Kier alpha value is -2.26. The molecule has 0 aliphatic carbocycles. The van der Waals surface area contributed by atoms with Crippen LogP contribution in [0.3, 0.4) is 0 Å². The van der Waals surface area contributed by atoms with Gasteiger partial charge < -0.3 is 4.74 Å². The summed E-state index contributed by atoms with van der Waals surface area (Å²) in [7, 11) is 0. The molecule has 0 bridgehead atoms. The number of fused-ring (bicyclic) bond motifs is 3. The Labute approximate surface area is 133 Å². The Morgan fingerprint density at radius 2 is 1.64 bits per heavy atom. The number of carbonyl (C=O) groups is 1. The predicted molar refractivity (Wildman–Crippen MR) is 90.3 cm³/mol. The summed E-state index contributed by atoms with van der Waals surface area (Å²) in [6.07, 6.45) is 1.96. The van der Waals surface area contributed by atoms with Crippen molar-refractivity contribution in [2.24, 2.45) is 0 Å². The van der Waals surface area contributed by atoms with E-state index in [1.54, 1.807) is 0 Å². The molecule has 0 saturated heterocycles. The smallest absolute Gasteiger partial charge is 0.336 e. The second-order valence-corrected chi connectivity index (χ2v) is 6.32. The molecule has 1 unspecified atom stereocenters. The topological polar surface area (TPSA) is 26.3 Å². The van der Waals surface area contributed by atoms with Crippen molar-refractivity contribution >= 4 is 28.5 Å². The second-order valence-electron chi connectivity index (χ2n) is 5.30. The highest BCUT2D eigenvalue weighted by molar-refractivity contribution is 8.00. The summed E-state index contributed by atoms with van der Waals surface area (Å²) in [4.78, 5) is 12.8. The molecule has 3 aromatic rings. The molecule has 0 saturated carbocycles. The summed E-state index contributed by atoms with van der Waals surface area (Å²) in [6.45, 7) is 0. The van der Waals surface area contributed by atoms with Crippen molar-refractivity contribution in [3.8, 4) is 5.75 Å². The standard InChI is InChI=1S/C19H14O2S/c1-22-19(14-8-3-2-4-9-14)17-15-10-6-5-7-13(15)11-12-16(17)21-18(19)20/h2-12H,1H3. The third-order valence-electron chi connectivity index (χ3n) is 4.22. The number of hydrogen-bond donors (Lipinski definition) is 0. The van der Waals surface area contributed by atoms with Crippen molar-refractivity contribution in [1.82, 2.24) is 0 Å². The van der Waals surface area contributed by atoms with Gasteiger partial charge in [-0.2, -0.15) is 0 Å². The van der Waals surface area contributed by atoms with E-state index in [-0.39, 0.29) is 5.97 Å². The van der Waals surface area contributed by atoms with Crippen molar-refractivity contribution in [3.63, 3.8) is 0 Å². The average Bonchev–Trinajstić information content (AvgIpc) is 2.88. The van der Waals surface area contributed by atoms with E-state index in [1.807, 2.05) is 60.9 Å². The van der Waals surface area contributed by atoms with Crippen molar-refractivity contribution in [1.29, 1.82) is 0 Å². The molecule has 0 spiro atoms. The molecule has 1 atom stereocenters. The van der Waals surface area contributed by atoms with Gasteiger partial charge in [-0.25, -0.2) is 4.79 Å². The van der Waals surface area contributed by atoms with Gasteiger partial charge in [0.05, 0.1) is 0 Å². The fraction of sp³-hybridized carbons (Fsp3) is 0.105. The van der Waals surface area contributed by atoms with Crippen LogP contribution in [0.5, 0.6) is 5.75 Å². The monoisotopic (exact) mass is 306 g/mol. The maximum absolute atomic E-state index is 12.8. The van der Waals surface area contributed by atoms with E-state index in [0.29, 0.717) is 5.75 Å². The predicted octanol–water partition coefficient (Wildman–Crippen LogP) is 4.37. The lowest BCUT2D eigenvalue weighted by atomic mass is 9.88. The molecule has 0 amide bonds. The third kappa shape index (κ3) is 1.66. The first kappa shape index (κ1) is 13.4. The molecule has 3 heteroatoms. The summed E-state index contributed by atoms with van der Waals surface area (Å²) in [5.41, 5.74) is 1.93. The quantitative estimate of drug-likeness (QED) is 0.519. The zero-order chi connectivity index (χ0) is 15.2. The first-order valence-corrected chi connectivity index (χ1v) is 8.35. The lowest BCUT2D eigenvalue weighted by Crippen LogP contribution is -2.31. The van der Waals surface area contributed by atoms with E-state index in [1.165, 1.54) is 11.8 Å². The Morgan fingerprint density at radius 3 is 2.41 bits per heavy atom. The van der Waals surface area contributed by atoms with Crippen LogP contribution in [0.15, 0.2) is 66.7 Å². The second kappa shape index (κ2) is 4.89. The average molecular weight is 306 g/mol. The van der Waals surface area contributed by atoms with E-state index < -0.39 is 4.75 Å². The van der Waals surface area contributed by atoms with E-state index in [0.717, 1.165) is 21.9 Å². The van der Waals surface area contributed by atoms with E-state index >= 15 is 0 Å². The van der Waals surface area contributed by atoms with Gasteiger partial charge in [-0.3, -0.25) is 0 Å². The van der Waals surface area contributed by atoms with Gasteiger partial charge in [0.2, 0.25) is 0 Å². The van der Waals surface area contributed by atoms with Crippen LogP contribution in [0.2, 0.25) is 0 Å². The molecule has 0 fully saturated rings. The van der Waals surface area contributed by atoms with Crippen molar-refractivity contribution < 1.29 is 9.53 Å². The number of ether oxygens (including phenoxy) is 1.